The summed E-state index contributed by atoms with van der Waals surface area (Å²) in [6.45, 7) is 7.10. The van der Waals surface area contributed by atoms with E-state index in [-0.39, 0.29) is 5.69 Å². The Labute approximate surface area is 112 Å². The average molecular weight is 258 g/mol. The number of pyridine rings is 1. The molecular formula is C14H18N4O. The third kappa shape index (κ3) is 3.19. The second-order valence-corrected chi connectivity index (χ2v) is 4.49. The Morgan fingerprint density at radius 1 is 1.32 bits per heavy atom. The molecule has 0 aromatic carbocycles. The fourth-order valence-corrected chi connectivity index (χ4v) is 1.95. The summed E-state index contributed by atoms with van der Waals surface area (Å²) in [6, 6.07) is 5.79. The molecule has 0 unspecified atom stereocenters. The molecule has 2 aromatic heterocycles. The lowest BCUT2D eigenvalue weighted by molar-refractivity contribution is 0.692. The van der Waals surface area contributed by atoms with E-state index in [0.29, 0.717) is 6.54 Å². The third-order valence-electron chi connectivity index (χ3n) is 2.87. The monoisotopic (exact) mass is 258 g/mol. The molecule has 0 bridgehead atoms. The van der Waals surface area contributed by atoms with Gasteiger partial charge in [-0.1, -0.05) is 6.07 Å². The van der Waals surface area contributed by atoms with Crippen molar-refractivity contribution in [3.63, 3.8) is 0 Å². The maximum atomic E-state index is 11.9. The standard InChI is InChI=1S/C14H18N4O/c1-4-15-13-6-5-12(8-16-13)9-18-11(3)7-10(2)17-14(18)19/h5-8H,4,9H2,1-3H3,(H,15,16). The Hall–Kier alpha value is -2.17. The van der Waals surface area contributed by atoms with E-state index in [1.54, 1.807) is 10.8 Å². The predicted molar refractivity (Wildman–Crippen MR) is 75.5 cm³/mol. The van der Waals surface area contributed by atoms with Gasteiger partial charge in [0.2, 0.25) is 0 Å². The smallest absolute Gasteiger partial charge is 0.348 e. The molecule has 0 radical (unpaired) electrons. The van der Waals surface area contributed by atoms with Crippen molar-refractivity contribution < 1.29 is 0 Å². The molecule has 0 aliphatic rings. The fraction of sp³-hybridized carbons (Fsp3) is 0.357. The fourth-order valence-electron chi connectivity index (χ4n) is 1.95. The minimum Gasteiger partial charge on any atom is -0.370 e. The normalized spacial score (nSPS) is 10.5. The molecule has 19 heavy (non-hydrogen) atoms. The molecule has 1 N–H and O–H groups in total. The van der Waals surface area contributed by atoms with E-state index in [0.717, 1.165) is 29.3 Å². The summed E-state index contributed by atoms with van der Waals surface area (Å²) < 4.78 is 1.65. The summed E-state index contributed by atoms with van der Waals surface area (Å²) in [7, 11) is 0. The molecule has 0 spiro atoms. The zero-order valence-electron chi connectivity index (χ0n) is 11.5. The first kappa shape index (κ1) is 13.3. The highest BCUT2D eigenvalue weighted by Crippen LogP contribution is 2.07. The molecule has 2 rings (SSSR count). The van der Waals surface area contributed by atoms with Crippen molar-refractivity contribution >= 4 is 5.82 Å². The number of anilines is 1. The van der Waals surface area contributed by atoms with Gasteiger partial charge in [0.15, 0.2) is 0 Å². The quantitative estimate of drug-likeness (QED) is 0.907. The topological polar surface area (TPSA) is 59.8 Å². The largest absolute Gasteiger partial charge is 0.370 e. The van der Waals surface area contributed by atoms with Crippen LogP contribution in [0.1, 0.15) is 23.9 Å². The van der Waals surface area contributed by atoms with E-state index in [9.17, 15) is 4.79 Å². The second kappa shape index (κ2) is 5.65. The number of nitrogens with one attached hydrogen (secondary N) is 1. The van der Waals surface area contributed by atoms with Crippen LogP contribution in [0, 0.1) is 13.8 Å². The zero-order chi connectivity index (χ0) is 13.8. The third-order valence-corrected chi connectivity index (χ3v) is 2.87. The van der Waals surface area contributed by atoms with Crippen LogP contribution in [0.3, 0.4) is 0 Å². The van der Waals surface area contributed by atoms with Crippen LogP contribution in [0.5, 0.6) is 0 Å². The predicted octanol–water partition coefficient (Wildman–Crippen LogP) is 1.74. The van der Waals surface area contributed by atoms with Crippen LogP contribution < -0.4 is 11.0 Å². The van der Waals surface area contributed by atoms with E-state index >= 15 is 0 Å². The van der Waals surface area contributed by atoms with Crippen LogP contribution in [-0.4, -0.2) is 21.1 Å². The van der Waals surface area contributed by atoms with Crippen LogP contribution in [0.2, 0.25) is 0 Å². The summed E-state index contributed by atoms with van der Waals surface area (Å²) >= 11 is 0. The molecule has 0 aliphatic carbocycles. The Morgan fingerprint density at radius 3 is 2.68 bits per heavy atom. The van der Waals surface area contributed by atoms with Gasteiger partial charge in [-0.3, -0.25) is 4.57 Å². The molecule has 5 heteroatoms. The van der Waals surface area contributed by atoms with E-state index in [1.165, 1.54) is 0 Å². The minimum atomic E-state index is -0.215. The number of aryl methyl sites for hydroxylation is 2. The van der Waals surface area contributed by atoms with Crippen LogP contribution >= 0.6 is 0 Å². The summed E-state index contributed by atoms with van der Waals surface area (Å²) in [5.41, 5.74) is 2.43. The van der Waals surface area contributed by atoms with E-state index in [4.69, 9.17) is 0 Å². The molecule has 0 atom stereocenters. The first-order chi connectivity index (χ1) is 9.10. The summed E-state index contributed by atoms with van der Waals surface area (Å²) in [5.74, 6) is 0.845. The van der Waals surface area contributed by atoms with Gasteiger partial charge in [0.25, 0.3) is 0 Å². The first-order valence-electron chi connectivity index (χ1n) is 6.34. The summed E-state index contributed by atoms with van der Waals surface area (Å²) in [5, 5.41) is 3.14. The van der Waals surface area contributed by atoms with E-state index < -0.39 is 0 Å². The zero-order valence-corrected chi connectivity index (χ0v) is 11.5. The SMILES string of the molecule is CCNc1ccc(Cn2c(C)cc(C)nc2=O)cn1. The van der Waals surface area contributed by atoms with Gasteiger partial charge in [0.1, 0.15) is 5.82 Å². The van der Waals surface area contributed by atoms with Gasteiger partial charge in [0.05, 0.1) is 6.54 Å². The number of hydrogen-bond acceptors (Lipinski definition) is 4. The summed E-state index contributed by atoms with van der Waals surface area (Å²) in [6.07, 6.45) is 1.78. The highest BCUT2D eigenvalue weighted by Gasteiger charge is 2.04. The van der Waals surface area contributed by atoms with Crippen molar-refractivity contribution in [2.75, 3.05) is 11.9 Å². The molecule has 0 saturated carbocycles. The van der Waals surface area contributed by atoms with Crippen molar-refractivity contribution in [2.45, 2.75) is 27.3 Å². The molecule has 0 amide bonds. The van der Waals surface area contributed by atoms with Crippen LogP contribution in [-0.2, 0) is 6.54 Å². The molecule has 0 fully saturated rings. The van der Waals surface area contributed by atoms with Crippen molar-refractivity contribution in [1.82, 2.24) is 14.5 Å². The second-order valence-electron chi connectivity index (χ2n) is 4.49. The van der Waals surface area contributed by atoms with Gasteiger partial charge in [0, 0.05) is 24.1 Å². The number of rotatable bonds is 4. The molecule has 0 aliphatic heterocycles. The Kier molecular flexibility index (Phi) is 3.94. The lowest BCUT2D eigenvalue weighted by atomic mass is 10.2. The van der Waals surface area contributed by atoms with Crippen molar-refractivity contribution in [3.8, 4) is 0 Å². The molecule has 2 aromatic rings. The Balaban J connectivity index is 2.24. The van der Waals surface area contributed by atoms with Gasteiger partial charge in [-0.2, -0.15) is 4.98 Å². The van der Waals surface area contributed by atoms with Crippen LogP contribution in [0.15, 0.2) is 29.2 Å². The van der Waals surface area contributed by atoms with Gasteiger partial charge in [-0.15, -0.1) is 0 Å². The van der Waals surface area contributed by atoms with Crippen molar-refractivity contribution in [3.05, 3.63) is 51.8 Å². The Bertz CT molecular complexity index is 616. The van der Waals surface area contributed by atoms with Gasteiger partial charge in [-0.05, 0) is 38.5 Å². The van der Waals surface area contributed by atoms with Crippen LogP contribution in [0.4, 0.5) is 5.82 Å². The van der Waals surface area contributed by atoms with Crippen molar-refractivity contribution in [2.24, 2.45) is 0 Å². The van der Waals surface area contributed by atoms with Gasteiger partial charge < -0.3 is 5.32 Å². The average Bonchev–Trinajstić information content (AvgIpc) is 2.36. The molecule has 5 nitrogen and oxygen atoms in total. The highest BCUT2D eigenvalue weighted by atomic mass is 16.1. The highest BCUT2D eigenvalue weighted by molar-refractivity contribution is 5.35. The van der Waals surface area contributed by atoms with E-state index in [1.807, 2.05) is 39.0 Å². The lowest BCUT2D eigenvalue weighted by Crippen LogP contribution is -2.26. The van der Waals surface area contributed by atoms with Crippen molar-refractivity contribution in [1.29, 1.82) is 0 Å². The Morgan fingerprint density at radius 2 is 2.11 bits per heavy atom. The maximum Gasteiger partial charge on any atom is 0.348 e. The first-order valence-corrected chi connectivity index (χ1v) is 6.34. The molecule has 0 saturated heterocycles. The molecular weight excluding hydrogens is 240 g/mol. The number of nitrogens with zero attached hydrogens (tertiary/aromatic N) is 3. The summed E-state index contributed by atoms with van der Waals surface area (Å²) in [4.78, 5) is 20.1. The maximum absolute atomic E-state index is 11.9. The number of aromatic nitrogens is 3. The van der Waals surface area contributed by atoms with Crippen LogP contribution in [0.25, 0.3) is 0 Å². The van der Waals surface area contributed by atoms with E-state index in [2.05, 4.69) is 15.3 Å². The minimum absolute atomic E-state index is 0.215. The molecule has 100 valence electrons. The van der Waals surface area contributed by atoms with Gasteiger partial charge in [-0.25, -0.2) is 9.78 Å². The number of hydrogen-bond donors (Lipinski definition) is 1. The lowest BCUT2D eigenvalue weighted by Gasteiger charge is -2.10. The molecule has 2 heterocycles. The van der Waals surface area contributed by atoms with Gasteiger partial charge >= 0.3 is 5.69 Å².